The average molecular weight is 250 g/mol. The lowest BCUT2D eigenvalue weighted by atomic mass is 9.84. The van der Waals surface area contributed by atoms with E-state index in [1.165, 1.54) is 25.7 Å². The van der Waals surface area contributed by atoms with Gasteiger partial charge in [-0.15, -0.1) is 0 Å². The quantitative estimate of drug-likeness (QED) is 0.784. The Morgan fingerprint density at radius 2 is 1.89 bits per heavy atom. The molecule has 0 aromatic rings. The van der Waals surface area contributed by atoms with E-state index in [1.807, 2.05) is 6.92 Å². The van der Waals surface area contributed by atoms with E-state index < -0.39 is 0 Å². The van der Waals surface area contributed by atoms with Crippen molar-refractivity contribution in [3.8, 4) is 0 Å². The van der Waals surface area contributed by atoms with E-state index >= 15 is 0 Å². The molecular formula is C15H26N2O. The van der Waals surface area contributed by atoms with Crippen LogP contribution in [0.3, 0.4) is 0 Å². The Bertz CT molecular complexity index is 323. The number of nitrogens with one attached hydrogen (secondary N) is 1. The van der Waals surface area contributed by atoms with E-state index in [0.29, 0.717) is 0 Å². The van der Waals surface area contributed by atoms with Crippen LogP contribution in [0, 0.1) is 23.2 Å². The van der Waals surface area contributed by atoms with Crippen LogP contribution >= 0.6 is 0 Å². The average Bonchev–Trinajstić information content (AvgIpc) is 3.23. The highest BCUT2D eigenvalue weighted by atomic mass is 16.2. The van der Waals surface area contributed by atoms with Crippen molar-refractivity contribution in [3.63, 3.8) is 0 Å². The summed E-state index contributed by atoms with van der Waals surface area (Å²) in [5.41, 5.74) is 5.80. The molecule has 0 bridgehead atoms. The van der Waals surface area contributed by atoms with Crippen molar-refractivity contribution < 1.29 is 4.79 Å². The van der Waals surface area contributed by atoms with Crippen molar-refractivity contribution in [2.45, 2.75) is 57.9 Å². The van der Waals surface area contributed by atoms with Crippen LogP contribution in [0.4, 0.5) is 0 Å². The van der Waals surface area contributed by atoms with Gasteiger partial charge in [-0.3, -0.25) is 4.79 Å². The Hall–Kier alpha value is -0.570. The van der Waals surface area contributed by atoms with Crippen LogP contribution < -0.4 is 11.1 Å². The molecule has 0 radical (unpaired) electrons. The molecule has 3 heteroatoms. The maximum atomic E-state index is 12.4. The summed E-state index contributed by atoms with van der Waals surface area (Å²) >= 11 is 0. The fourth-order valence-electron chi connectivity index (χ4n) is 3.65. The molecule has 3 fully saturated rings. The highest BCUT2D eigenvalue weighted by Crippen LogP contribution is 2.49. The molecule has 0 aromatic carbocycles. The monoisotopic (exact) mass is 250 g/mol. The van der Waals surface area contributed by atoms with E-state index in [2.05, 4.69) is 5.32 Å². The normalized spacial score (nSPS) is 36.1. The zero-order chi connectivity index (χ0) is 12.8. The first kappa shape index (κ1) is 12.5. The maximum absolute atomic E-state index is 12.4. The lowest BCUT2D eigenvalue weighted by Crippen LogP contribution is -2.48. The molecule has 0 aliphatic heterocycles. The Balaban J connectivity index is 1.54. The molecule has 0 spiro atoms. The van der Waals surface area contributed by atoms with E-state index in [1.54, 1.807) is 0 Å². The summed E-state index contributed by atoms with van der Waals surface area (Å²) in [5.74, 6) is 2.78. The van der Waals surface area contributed by atoms with Crippen molar-refractivity contribution in [1.29, 1.82) is 0 Å². The molecule has 3 rings (SSSR count). The number of hydrogen-bond donors (Lipinski definition) is 2. The Kier molecular flexibility index (Phi) is 3.13. The van der Waals surface area contributed by atoms with Gasteiger partial charge in [0.1, 0.15) is 0 Å². The van der Waals surface area contributed by atoms with Crippen LogP contribution in [0.5, 0.6) is 0 Å². The summed E-state index contributed by atoms with van der Waals surface area (Å²) in [6.07, 6.45) is 8.58. The molecule has 2 atom stereocenters. The minimum Gasteiger partial charge on any atom is -0.355 e. The van der Waals surface area contributed by atoms with Crippen molar-refractivity contribution in [1.82, 2.24) is 5.32 Å². The van der Waals surface area contributed by atoms with Crippen LogP contribution in [0.25, 0.3) is 0 Å². The van der Waals surface area contributed by atoms with Gasteiger partial charge in [-0.25, -0.2) is 0 Å². The van der Waals surface area contributed by atoms with E-state index in [9.17, 15) is 4.79 Å². The van der Waals surface area contributed by atoms with Gasteiger partial charge in [-0.05, 0) is 63.2 Å². The minimum absolute atomic E-state index is 0.0535. The number of carbonyl (C=O) groups is 1. The van der Waals surface area contributed by atoms with Gasteiger partial charge < -0.3 is 11.1 Å². The van der Waals surface area contributed by atoms with E-state index in [4.69, 9.17) is 5.73 Å². The van der Waals surface area contributed by atoms with Gasteiger partial charge in [0.05, 0.1) is 5.41 Å². The first-order valence-corrected chi connectivity index (χ1v) is 7.65. The standard InChI is InChI=1S/C15H26N2O/c1-15(8-2-3-13(15)16)14(18)17-9-12(10-4-5-10)11-6-7-11/h10-13H,2-9,16H2,1H3,(H,17,18). The molecule has 0 aromatic heterocycles. The fourth-order valence-corrected chi connectivity index (χ4v) is 3.65. The van der Waals surface area contributed by atoms with Crippen molar-refractivity contribution in [2.75, 3.05) is 6.54 Å². The largest absolute Gasteiger partial charge is 0.355 e. The topological polar surface area (TPSA) is 55.1 Å². The van der Waals surface area contributed by atoms with E-state index in [0.717, 1.165) is 43.6 Å². The first-order chi connectivity index (χ1) is 8.61. The maximum Gasteiger partial charge on any atom is 0.227 e. The summed E-state index contributed by atoms with van der Waals surface area (Å²) in [6.45, 7) is 2.94. The molecule has 3 nitrogen and oxygen atoms in total. The van der Waals surface area contributed by atoms with Gasteiger partial charge in [0, 0.05) is 12.6 Å². The predicted molar refractivity (Wildman–Crippen MR) is 71.9 cm³/mol. The lowest BCUT2D eigenvalue weighted by molar-refractivity contribution is -0.130. The zero-order valence-corrected chi connectivity index (χ0v) is 11.5. The third-order valence-corrected chi connectivity index (χ3v) is 5.50. The highest BCUT2D eigenvalue weighted by molar-refractivity contribution is 5.83. The fraction of sp³-hybridized carbons (Fsp3) is 0.933. The molecule has 3 aliphatic carbocycles. The van der Waals surface area contributed by atoms with Crippen molar-refractivity contribution >= 4 is 5.91 Å². The minimum atomic E-state index is -0.308. The third-order valence-electron chi connectivity index (χ3n) is 5.50. The molecule has 0 saturated heterocycles. The smallest absolute Gasteiger partial charge is 0.227 e. The molecule has 3 saturated carbocycles. The third kappa shape index (κ3) is 2.29. The highest BCUT2D eigenvalue weighted by Gasteiger charge is 2.45. The van der Waals surface area contributed by atoms with Gasteiger partial charge in [0.2, 0.25) is 5.91 Å². The van der Waals surface area contributed by atoms with Crippen LogP contribution in [0.15, 0.2) is 0 Å². The number of carbonyl (C=O) groups excluding carboxylic acids is 1. The van der Waals surface area contributed by atoms with Crippen LogP contribution in [0.2, 0.25) is 0 Å². The van der Waals surface area contributed by atoms with E-state index in [-0.39, 0.29) is 17.4 Å². The molecule has 1 amide bonds. The number of nitrogens with two attached hydrogens (primary N) is 1. The van der Waals surface area contributed by atoms with Gasteiger partial charge in [0.15, 0.2) is 0 Å². The molecule has 102 valence electrons. The molecular weight excluding hydrogens is 224 g/mol. The van der Waals surface area contributed by atoms with Crippen molar-refractivity contribution in [2.24, 2.45) is 28.9 Å². The Morgan fingerprint density at radius 1 is 1.28 bits per heavy atom. The number of rotatable bonds is 5. The molecule has 18 heavy (non-hydrogen) atoms. The van der Waals surface area contributed by atoms with Crippen LogP contribution in [0.1, 0.15) is 51.9 Å². The summed E-state index contributed by atoms with van der Waals surface area (Å²) in [4.78, 5) is 12.4. The predicted octanol–water partition coefficient (Wildman–Crippen LogP) is 2.06. The summed E-state index contributed by atoms with van der Waals surface area (Å²) < 4.78 is 0. The Morgan fingerprint density at radius 3 is 2.33 bits per heavy atom. The van der Waals surface area contributed by atoms with Crippen LogP contribution in [-0.4, -0.2) is 18.5 Å². The van der Waals surface area contributed by atoms with Gasteiger partial charge >= 0.3 is 0 Å². The second kappa shape index (κ2) is 4.52. The number of amides is 1. The van der Waals surface area contributed by atoms with Crippen LogP contribution in [-0.2, 0) is 4.79 Å². The first-order valence-electron chi connectivity index (χ1n) is 7.65. The molecule has 3 aliphatic rings. The summed E-state index contributed by atoms with van der Waals surface area (Å²) in [5, 5.41) is 3.22. The summed E-state index contributed by atoms with van der Waals surface area (Å²) in [6, 6.07) is 0.0535. The lowest BCUT2D eigenvalue weighted by Gasteiger charge is -2.28. The Labute approximate surface area is 110 Å². The number of hydrogen-bond acceptors (Lipinski definition) is 2. The molecule has 2 unspecified atom stereocenters. The van der Waals surface area contributed by atoms with Gasteiger partial charge in [-0.2, -0.15) is 0 Å². The molecule has 0 heterocycles. The molecule has 3 N–H and O–H groups in total. The van der Waals surface area contributed by atoms with Gasteiger partial charge in [-0.1, -0.05) is 6.42 Å². The second-order valence-corrected chi connectivity index (χ2v) is 6.96. The second-order valence-electron chi connectivity index (χ2n) is 6.96. The zero-order valence-electron chi connectivity index (χ0n) is 11.5. The van der Waals surface area contributed by atoms with Crippen molar-refractivity contribution in [3.05, 3.63) is 0 Å². The SMILES string of the molecule is CC1(C(=O)NCC(C2CC2)C2CC2)CCCC1N. The summed E-state index contributed by atoms with van der Waals surface area (Å²) in [7, 11) is 0. The van der Waals surface area contributed by atoms with Gasteiger partial charge in [0.25, 0.3) is 0 Å².